The molecule has 184 valence electrons. The lowest BCUT2D eigenvalue weighted by molar-refractivity contribution is 0.207. The number of benzene rings is 2. The van der Waals surface area contributed by atoms with Gasteiger partial charge in [-0.15, -0.1) is 0 Å². The number of aromatic nitrogens is 2. The van der Waals surface area contributed by atoms with E-state index in [2.05, 4.69) is 26.8 Å². The van der Waals surface area contributed by atoms with Crippen LogP contribution in [-0.4, -0.2) is 42.5 Å². The minimum absolute atomic E-state index is 0.210. The molecule has 1 fully saturated rings. The van der Waals surface area contributed by atoms with Gasteiger partial charge in [-0.3, -0.25) is 4.99 Å². The number of aryl methyl sites for hydroxylation is 1. The average molecular weight is 480 g/mol. The number of amidine groups is 1. The number of nitrogens with zero attached hydrogens (tertiary/aromatic N) is 4. The monoisotopic (exact) mass is 479 g/mol. The van der Waals surface area contributed by atoms with E-state index >= 15 is 0 Å². The Morgan fingerprint density at radius 1 is 1.06 bits per heavy atom. The van der Waals surface area contributed by atoms with Crippen LogP contribution in [0.15, 0.2) is 53.8 Å². The van der Waals surface area contributed by atoms with Crippen molar-refractivity contribution in [2.75, 3.05) is 31.6 Å². The van der Waals surface area contributed by atoms with Crippen molar-refractivity contribution < 1.29 is 13.5 Å². The fourth-order valence-corrected chi connectivity index (χ4v) is 4.21. The molecule has 0 saturated carbocycles. The van der Waals surface area contributed by atoms with E-state index in [1.807, 2.05) is 36.7 Å². The summed E-state index contributed by atoms with van der Waals surface area (Å²) in [6, 6.07) is 10.0. The minimum Gasteiger partial charge on any atom is -0.487 e. The Hall–Kier alpha value is -3.55. The predicted octanol–water partition coefficient (Wildman–Crippen LogP) is 4.81. The number of anilines is 1. The summed E-state index contributed by atoms with van der Waals surface area (Å²) >= 11 is 0. The number of hydrogen-bond acceptors (Lipinski definition) is 5. The Kier molecular flexibility index (Phi) is 7.90. The molecule has 6 nitrogen and oxygen atoms in total. The molecule has 0 bridgehead atoms. The number of aliphatic imine (C=N–C) groups is 1. The molecule has 0 unspecified atom stereocenters. The van der Waals surface area contributed by atoms with Gasteiger partial charge in [0.1, 0.15) is 0 Å². The third-order valence-electron chi connectivity index (χ3n) is 6.39. The molecule has 8 heteroatoms. The van der Waals surface area contributed by atoms with Crippen LogP contribution in [0.25, 0.3) is 11.1 Å². The first kappa shape index (κ1) is 24.6. The van der Waals surface area contributed by atoms with E-state index in [0.29, 0.717) is 23.4 Å². The molecule has 0 amide bonds. The summed E-state index contributed by atoms with van der Waals surface area (Å²) in [6.45, 7) is 3.91. The van der Waals surface area contributed by atoms with Gasteiger partial charge in [0.2, 0.25) is 5.95 Å². The van der Waals surface area contributed by atoms with E-state index in [4.69, 9.17) is 10.5 Å². The molecule has 0 aliphatic carbocycles. The van der Waals surface area contributed by atoms with Crippen LogP contribution in [0, 0.1) is 17.6 Å². The fraction of sp³-hybridized carbons (Fsp3) is 0.370. The van der Waals surface area contributed by atoms with Crippen molar-refractivity contribution in [1.29, 1.82) is 0 Å². The van der Waals surface area contributed by atoms with Crippen molar-refractivity contribution >= 4 is 11.8 Å². The third kappa shape index (κ3) is 6.12. The summed E-state index contributed by atoms with van der Waals surface area (Å²) < 4.78 is 35.3. The molecule has 2 aromatic carbocycles. The molecule has 2 N–H and O–H groups in total. The van der Waals surface area contributed by atoms with E-state index in [1.54, 1.807) is 7.05 Å². The smallest absolute Gasteiger partial charge is 0.225 e. The van der Waals surface area contributed by atoms with Crippen LogP contribution in [0.4, 0.5) is 14.7 Å². The van der Waals surface area contributed by atoms with Gasteiger partial charge in [0.25, 0.3) is 0 Å². The topological polar surface area (TPSA) is 76.6 Å². The van der Waals surface area contributed by atoms with Gasteiger partial charge in [-0.1, -0.05) is 31.2 Å². The lowest BCUT2D eigenvalue weighted by atomic mass is 9.98. The van der Waals surface area contributed by atoms with Crippen molar-refractivity contribution in [2.45, 2.75) is 32.6 Å². The summed E-state index contributed by atoms with van der Waals surface area (Å²) in [4.78, 5) is 15.0. The highest BCUT2D eigenvalue weighted by Crippen LogP contribution is 2.31. The van der Waals surface area contributed by atoms with Crippen molar-refractivity contribution in [3.63, 3.8) is 0 Å². The highest BCUT2D eigenvalue weighted by atomic mass is 19.1. The summed E-state index contributed by atoms with van der Waals surface area (Å²) in [7, 11) is 1.63. The standard InChI is InChI=1S/C27H31F2N5O/c1-3-18-15-32-27(33-16-18)34-9-7-19(8-10-34)17-35-26-23(28)13-22(14-24(26)29)21-6-4-5-20(11-21)12-25(30)31-2/h4-6,11,13-16,19H,3,7-10,12,17H2,1-2H3,(H2,30,31). The molecule has 1 saturated heterocycles. The summed E-state index contributed by atoms with van der Waals surface area (Å²) in [5.41, 5.74) is 8.99. The Morgan fingerprint density at radius 2 is 1.74 bits per heavy atom. The zero-order valence-corrected chi connectivity index (χ0v) is 20.2. The van der Waals surface area contributed by atoms with Gasteiger partial charge in [-0.25, -0.2) is 18.7 Å². The molecule has 0 atom stereocenters. The Balaban J connectivity index is 1.36. The largest absolute Gasteiger partial charge is 0.487 e. The molecule has 1 aliphatic heterocycles. The zero-order valence-electron chi connectivity index (χ0n) is 20.2. The maximum absolute atomic E-state index is 14.8. The van der Waals surface area contributed by atoms with Gasteiger partial charge in [-0.05, 0) is 59.6 Å². The number of hydrogen-bond donors (Lipinski definition) is 1. The number of piperidine rings is 1. The highest BCUT2D eigenvalue weighted by Gasteiger charge is 2.23. The zero-order chi connectivity index (χ0) is 24.8. The van der Waals surface area contributed by atoms with Crippen molar-refractivity contribution in [2.24, 2.45) is 16.6 Å². The second kappa shape index (κ2) is 11.3. The van der Waals surface area contributed by atoms with Crippen molar-refractivity contribution in [3.05, 3.63) is 71.6 Å². The van der Waals surface area contributed by atoms with Gasteiger partial charge in [-0.2, -0.15) is 0 Å². The number of ether oxygens (including phenoxy) is 1. The highest BCUT2D eigenvalue weighted by molar-refractivity contribution is 5.83. The van der Waals surface area contributed by atoms with E-state index < -0.39 is 11.6 Å². The predicted molar refractivity (Wildman–Crippen MR) is 135 cm³/mol. The van der Waals surface area contributed by atoms with Gasteiger partial charge in [0, 0.05) is 39.0 Å². The molecule has 1 aliphatic rings. The molecular formula is C27H31F2N5O. The van der Waals surface area contributed by atoms with E-state index in [1.165, 1.54) is 12.1 Å². The van der Waals surface area contributed by atoms with Gasteiger partial charge >= 0.3 is 0 Å². The lowest BCUT2D eigenvalue weighted by Gasteiger charge is -2.31. The van der Waals surface area contributed by atoms with Crippen LogP contribution in [0.2, 0.25) is 0 Å². The van der Waals surface area contributed by atoms with Gasteiger partial charge in [0.05, 0.1) is 12.4 Å². The molecule has 2 heterocycles. The van der Waals surface area contributed by atoms with Crippen LogP contribution >= 0.6 is 0 Å². The first-order valence-electron chi connectivity index (χ1n) is 11.9. The van der Waals surface area contributed by atoms with Crippen LogP contribution in [0.3, 0.4) is 0 Å². The normalized spacial score (nSPS) is 14.9. The van der Waals surface area contributed by atoms with Crippen LogP contribution in [-0.2, 0) is 12.8 Å². The van der Waals surface area contributed by atoms with E-state index in [9.17, 15) is 8.78 Å². The Morgan fingerprint density at radius 3 is 2.37 bits per heavy atom. The number of nitrogens with two attached hydrogens (primary N) is 1. The minimum atomic E-state index is -0.707. The van der Waals surface area contributed by atoms with Crippen LogP contribution in [0.5, 0.6) is 5.75 Å². The van der Waals surface area contributed by atoms with Crippen LogP contribution < -0.4 is 15.4 Å². The Bertz CT molecular complexity index is 1150. The average Bonchev–Trinajstić information content (AvgIpc) is 2.88. The van der Waals surface area contributed by atoms with E-state index in [-0.39, 0.29) is 18.3 Å². The third-order valence-corrected chi connectivity index (χ3v) is 6.39. The first-order valence-corrected chi connectivity index (χ1v) is 11.9. The second-order valence-corrected chi connectivity index (χ2v) is 8.85. The molecular weight excluding hydrogens is 448 g/mol. The quantitative estimate of drug-likeness (QED) is 0.371. The number of rotatable bonds is 8. The molecule has 0 spiro atoms. The molecule has 1 aromatic heterocycles. The summed E-state index contributed by atoms with van der Waals surface area (Å²) in [6.07, 6.45) is 6.79. The van der Waals surface area contributed by atoms with Gasteiger partial charge < -0.3 is 15.4 Å². The lowest BCUT2D eigenvalue weighted by Crippen LogP contribution is -2.36. The maximum atomic E-state index is 14.8. The number of halogens is 2. The molecule has 0 radical (unpaired) electrons. The fourth-order valence-electron chi connectivity index (χ4n) is 4.21. The second-order valence-electron chi connectivity index (χ2n) is 8.85. The SMILES string of the molecule is CCc1cnc(N2CCC(COc3c(F)cc(-c4cccc(CC(N)=NC)c4)cc3F)CC2)nc1. The van der Waals surface area contributed by atoms with Crippen molar-refractivity contribution in [1.82, 2.24) is 9.97 Å². The summed E-state index contributed by atoms with van der Waals surface area (Å²) in [5, 5.41) is 0. The van der Waals surface area contributed by atoms with Crippen LogP contribution in [0.1, 0.15) is 30.9 Å². The maximum Gasteiger partial charge on any atom is 0.225 e. The molecule has 4 rings (SSSR count). The van der Waals surface area contributed by atoms with Gasteiger partial charge in [0.15, 0.2) is 17.4 Å². The molecule has 35 heavy (non-hydrogen) atoms. The Labute approximate surface area is 204 Å². The summed E-state index contributed by atoms with van der Waals surface area (Å²) in [5.74, 6) is -0.307. The van der Waals surface area contributed by atoms with Crippen molar-refractivity contribution in [3.8, 4) is 16.9 Å². The first-order chi connectivity index (χ1) is 17.0. The molecule has 3 aromatic rings. The van der Waals surface area contributed by atoms with E-state index in [0.717, 1.165) is 49.4 Å².